The van der Waals surface area contributed by atoms with Gasteiger partial charge in [-0.25, -0.2) is 8.42 Å². The molecular weight excluding hydrogens is 294 g/mol. The molecule has 0 aromatic rings. The van der Waals surface area contributed by atoms with Crippen molar-refractivity contribution in [3.8, 4) is 0 Å². The van der Waals surface area contributed by atoms with Gasteiger partial charge < -0.3 is 9.84 Å². The molecule has 2 saturated heterocycles. The molecule has 2 heterocycles. The maximum Gasteiger partial charge on any atom is 0.306 e. The number of carboxylic acids is 1. The molecular formula is C14H25NO5S. The van der Waals surface area contributed by atoms with Gasteiger partial charge in [0.2, 0.25) is 10.0 Å². The van der Waals surface area contributed by atoms with Crippen molar-refractivity contribution in [2.24, 2.45) is 11.8 Å². The Kier molecular flexibility index (Phi) is 5.62. The summed E-state index contributed by atoms with van der Waals surface area (Å²) in [5, 5.41) is 9.04. The first-order valence-corrected chi connectivity index (χ1v) is 9.31. The topological polar surface area (TPSA) is 83.9 Å². The van der Waals surface area contributed by atoms with Crippen LogP contribution in [-0.2, 0) is 19.6 Å². The largest absolute Gasteiger partial charge is 0.481 e. The molecule has 2 rings (SSSR count). The molecule has 2 atom stereocenters. The molecule has 122 valence electrons. The van der Waals surface area contributed by atoms with Crippen molar-refractivity contribution < 1.29 is 23.1 Å². The maximum atomic E-state index is 12.5. The van der Waals surface area contributed by atoms with Crippen LogP contribution in [0.2, 0.25) is 0 Å². The zero-order valence-electron chi connectivity index (χ0n) is 12.5. The highest BCUT2D eigenvalue weighted by molar-refractivity contribution is 7.89. The number of carboxylic acid groups (broad SMARTS) is 1. The lowest BCUT2D eigenvalue weighted by Crippen LogP contribution is -2.47. The molecule has 0 aliphatic carbocycles. The van der Waals surface area contributed by atoms with Crippen molar-refractivity contribution >= 4 is 16.0 Å². The van der Waals surface area contributed by atoms with E-state index >= 15 is 0 Å². The molecule has 0 amide bonds. The van der Waals surface area contributed by atoms with Crippen molar-refractivity contribution in [3.63, 3.8) is 0 Å². The third-order valence-electron chi connectivity index (χ3n) is 4.65. The summed E-state index contributed by atoms with van der Waals surface area (Å²) >= 11 is 0. The van der Waals surface area contributed by atoms with Gasteiger partial charge in [-0.15, -0.1) is 0 Å². The quantitative estimate of drug-likeness (QED) is 0.826. The van der Waals surface area contributed by atoms with Crippen LogP contribution in [0.5, 0.6) is 0 Å². The number of rotatable bonds is 5. The zero-order valence-corrected chi connectivity index (χ0v) is 13.3. The first-order chi connectivity index (χ1) is 9.90. The molecule has 0 aromatic carbocycles. The van der Waals surface area contributed by atoms with E-state index < -0.39 is 21.9 Å². The second-order valence-electron chi connectivity index (χ2n) is 6.18. The molecule has 21 heavy (non-hydrogen) atoms. The summed E-state index contributed by atoms with van der Waals surface area (Å²) in [5.41, 5.74) is 0. The molecule has 7 heteroatoms. The highest BCUT2D eigenvalue weighted by Gasteiger charge is 2.36. The molecule has 1 N–H and O–H groups in total. The fourth-order valence-corrected chi connectivity index (χ4v) is 5.14. The van der Waals surface area contributed by atoms with Crippen molar-refractivity contribution in [2.75, 3.05) is 25.5 Å². The minimum absolute atomic E-state index is 0.166. The van der Waals surface area contributed by atoms with E-state index in [0.29, 0.717) is 31.7 Å². The highest BCUT2D eigenvalue weighted by atomic mass is 32.2. The van der Waals surface area contributed by atoms with Crippen LogP contribution in [0.15, 0.2) is 0 Å². The second-order valence-corrected chi connectivity index (χ2v) is 8.22. The summed E-state index contributed by atoms with van der Waals surface area (Å²) in [6.45, 7) is 3.59. The zero-order chi connectivity index (χ0) is 15.5. The molecule has 0 radical (unpaired) electrons. The van der Waals surface area contributed by atoms with Crippen LogP contribution in [0, 0.1) is 11.8 Å². The average Bonchev–Trinajstić information content (AvgIpc) is 2.46. The van der Waals surface area contributed by atoms with Crippen LogP contribution in [0.1, 0.15) is 39.0 Å². The van der Waals surface area contributed by atoms with Gasteiger partial charge in [0.15, 0.2) is 0 Å². The molecule has 0 unspecified atom stereocenters. The molecule has 0 aromatic heterocycles. The van der Waals surface area contributed by atoms with E-state index in [0.717, 1.165) is 26.1 Å². The van der Waals surface area contributed by atoms with E-state index in [1.54, 1.807) is 6.92 Å². The van der Waals surface area contributed by atoms with Crippen LogP contribution in [-0.4, -0.2) is 55.4 Å². The summed E-state index contributed by atoms with van der Waals surface area (Å²) in [5.74, 6) is -0.636. The average molecular weight is 319 g/mol. The Morgan fingerprint density at radius 2 is 1.95 bits per heavy atom. The van der Waals surface area contributed by atoms with Crippen molar-refractivity contribution in [2.45, 2.75) is 45.1 Å². The Labute approximate surface area is 126 Å². The standard InChI is InChI=1S/C14H25NO5S/c1-11-10-13(14(16)17)2-6-15(11)21(18,19)9-5-12-3-7-20-8-4-12/h11-13H,2-10H2,1H3,(H,16,17)/t11-,13-/m1/s1. The van der Waals surface area contributed by atoms with Crippen molar-refractivity contribution in [1.29, 1.82) is 0 Å². The van der Waals surface area contributed by atoms with Crippen LogP contribution < -0.4 is 0 Å². The van der Waals surface area contributed by atoms with Gasteiger partial charge in [-0.3, -0.25) is 4.79 Å². The number of sulfonamides is 1. The number of nitrogens with zero attached hydrogens (tertiary/aromatic N) is 1. The molecule has 2 aliphatic heterocycles. The number of carbonyl (C=O) groups is 1. The maximum absolute atomic E-state index is 12.5. The third kappa shape index (κ3) is 4.40. The SMILES string of the molecule is C[C@@H]1C[C@H](C(=O)O)CCN1S(=O)(=O)CCC1CCOCC1. The molecule has 2 fully saturated rings. The molecule has 0 saturated carbocycles. The van der Waals surface area contributed by atoms with Gasteiger partial charge in [0.1, 0.15) is 0 Å². The number of aliphatic carboxylic acids is 1. The normalized spacial score (nSPS) is 29.4. The lowest BCUT2D eigenvalue weighted by Gasteiger charge is -2.35. The van der Waals surface area contributed by atoms with E-state index in [1.165, 1.54) is 4.31 Å². The number of hydrogen-bond donors (Lipinski definition) is 1. The Balaban J connectivity index is 1.88. The number of hydrogen-bond acceptors (Lipinski definition) is 4. The monoisotopic (exact) mass is 319 g/mol. The van der Waals surface area contributed by atoms with E-state index in [4.69, 9.17) is 9.84 Å². The summed E-state index contributed by atoms with van der Waals surface area (Å²) < 4.78 is 31.7. The highest BCUT2D eigenvalue weighted by Crippen LogP contribution is 2.27. The minimum atomic E-state index is -3.28. The van der Waals surface area contributed by atoms with Crippen LogP contribution in [0.4, 0.5) is 0 Å². The van der Waals surface area contributed by atoms with Crippen molar-refractivity contribution in [3.05, 3.63) is 0 Å². The molecule has 6 nitrogen and oxygen atoms in total. The van der Waals surface area contributed by atoms with E-state index in [1.807, 2.05) is 0 Å². The van der Waals surface area contributed by atoms with Crippen LogP contribution in [0.25, 0.3) is 0 Å². The van der Waals surface area contributed by atoms with Crippen LogP contribution in [0.3, 0.4) is 0 Å². The van der Waals surface area contributed by atoms with E-state index in [9.17, 15) is 13.2 Å². The predicted octanol–water partition coefficient (Wildman–Crippen LogP) is 1.32. The summed E-state index contributed by atoms with van der Waals surface area (Å²) in [6, 6.07) is -0.223. The predicted molar refractivity (Wildman–Crippen MR) is 78.5 cm³/mol. The summed E-state index contributed by atoms with van der Waals surface area (Å²) in [7, 11) is -3.28. The number of piperidine rings is 1. The smallest absolute Gasteiger partial charge is 0.306 e. The first kappa shape index (κ1) is 16.7. The Morgan fingerprint density at radius 1 is 1.29 bits per heavy atom. The molecule has 0 bridgehead atoms. The van der Waals surface area contributed by atoms with Gasteiger partial charge >= 0.3 is 5.97 Å². The Morgan fingerprint density at radius 3 is 2.52 bits per heavy atom. The van der Waals surface area contributed by atoms with E-state index in [-0.39, 0.29) is 11.8 Å². The Hall–Kier alpha value is -0.660. The van der Waals surface area contributed by atoms with Gasteiger partial charge in [-0.1, -0.05) is 0 Å². The second kappa shape index (κ2) is 7.07. The van der Waals surface area contributed by atoms with Gasteiger partial charge in [0, 0.05) is 25.8 Å². The lowest BCUT2D eigenvalue weighted by atomic mass is 9.93. The minimum Gasteiger partial charge on any atom is -0.481 e. The molecule has 2 aliphatic rings. The van der Waals surface area contributed by atoms with Crippen LogP contribution >= 0.6 is 0 Å². The summed E-state index contributed by atoms with van der Waals surface area (Å²) in [4.78, 5) is 11.0. The van der Waals surface area contributed by atoms with Gasteiger partial charge in [0.05, 0.1) is 11.7 Å². The first-order valence-electron chi connectivity index (χ1n) is 7.70. The third-order valence-corrected chi connectivity index (χ3v) is 6.66. The van der Waals surface area contributed by atoms with Gasteiger partial charge in [-0.2, -0.15) is 4.31 Å². The summed E-state index contributed by atoms with van der Waals surface area (Å²) in [6.07, 6.45) is 3.37. The van der Waals surface area contributed by atoms with Gasteiger partial charge in [0.25, 0.3) is 0 Å². The Bertz CT molecular complexity index is 458. The van der Waals surface area contributed by atoms with Gasteiger partial charge in [-0.05, 0) is 44.9 Å². The molecule has 0 spiro atoms. The fraction of sp³-hybridized carbons (Fsp3) is 0.929. The number of ether oxygens (including phenoxy) is 1. The fourth-order valence-electron chi connectivity index (χ4n) is 3.26. The lowest BCUT2D eigenvalue weighted by molar-refractivity contribution is -0.143. The van der Waals surface area contributed by atoms with Crippen molar-refractivity contribution in [1.82, 2.24) is 4.31 Å². The van der Waals surface area contributed by atoms with E-state index in [2.05, 4.69) is 0 Å².